The van der Waals surface area contributed by atoms with Gasteiger partial charge >= 0.3 is 0 Å². The zero-order valence-corrected chi connectivity index (χ0v) is 14.5. The summed E-state index contributed by atoms with van der Waals surface area (Å²) in [5.74, 6) is 3.18. The number of nitrogens with one attached hydrogen (secondary N) is 1. The Labute approximate surface area is 146 Å². The van der Waals surface area contributed by atoms with Gasteiger partial charge in [0.1, 0.15) is 12.1 Å². The summed E-state index contributed by atoms with van der Waals surface area (Å²) >= 11 is 0. The Hall–Kier alpha value is -2.83. The van der Waals surface area contributed by atoms with Crippen molar-refractivity contribution < 1.29 is 9.47 Å². The quantitative estimate of drug-likeness (QED) is 0.743. The van der Waals surface area contributed by atoms with E-state index in [1.807, 2.05) is 12.1 Å². The molecule has 0 unspecified atom stereocenters. The standard InChI is InChI=1S/C18H21N5O2/c1-24-15-7-6-12(10-16(15)25-2)8-9-19-17-13-4-3-5-14(13)22-18-20-11-21-23(17)18/h6-7,10-11,19H,3-5,8-9H2,1-2H3. The molecule has 0 atom stereocenters. The minimum atomic E-state index is 0.661. The summed E-state index contributed by atoms with van der Waals surface area (Å²) in [7, 11) is 3.30. The molecule has 2 aromatic heterocycles. The first-order valence-electron chi connectivity index (χ1n) is 8.46. The number of hydrogen-bond acceptors (Lipinski definition) is 6. The minimum Gasteiger partial charge on any atom is -0.493 e. The molecule has 1 aromatic carbocycles. The number of anilines is 1. The van der Waals surface area contributed by atoms with Crippen molar-refractivity contribution in [3.63, 3.8) is 0 Å². The summed E-state index contributed by atoms with van der Waals surface area (Å²) in [5.41, 5.74) is 3.60. The van der Waals surface area contributed by atoms with Crippen LogP contribution in [0.3, 0.4) is 0 Å². The molecule has 7 heteroatoms. The molecular weight excluding hydrogens is 318 g/mol. The SMILES string of the molecule is COc1ccc(CCNc2c3c(nc4ncnn24)CCC3)cc1OC. The predicted octanol–water partition coefficient (Wildman–Crippen LogP) is 2.28. The molecule has 0 spiro atoms. The topological polar surface area (TPSA) is 73.6 Å². The van der Waals surface area contributed by atoms with Crippen LogP contribution in [-0.4, -0.2) is 40.3 Å². The fourth-order valence-electron chi connectivity index (χ4n) is 3.37. The molecule has 3 aromatic rings. The number of rotatable bonds is 6. The van der Waals surface area contributed by atoms with Gasteiger partial charge in [-0.25, -0.2) is 4.98 Å². The molecule has 25 heavy (non-hydrogen) atoms. The highest BCUT2D eigenvalue weighted by atomic mass is 16.5. The van der Waals surface area contributed by atoms with Crippen molar-refractivity contribution in [2.45, 2.75) is 25.7 Å². The Balaban J connectivity index is 1.53. The lowest BCUT2D eigenvalue weighted by atomic mass is 10.1. The Kier molecular flexibility index (Phi) is 4.13. The van der Waals surface area contributed by atoms with E-state index in [2.05, 4.69) is 26.4 Å². The van der Waals surface area contributed by atoms with Crippen LogP contribution in [0, 0.1) is 0 Å². The molecule has 0 saturated heterocycles. The lowest BCUT2D eigenvalue weighted by molar-refractivity contribution is 0.354. The van der Waals surface area contributed by atoms with Crippen LogP contribution >= 0.6 is 0 Å². The van der Waals surface area contributed by atoms with Crippen molar-refractivity contribution >= 4 is 11.6 Å². The van der Waals surface area contributed by atoms with E-state index in [-0.39, 0.29) is 0 Å². The average molecular weight is 339 g/mol. The van der Waals surface area contributed by atoms with E-state index in [4.69, 9.17) is 9.47 Å². The molecule has 0 aliphatic heterocycles. The maximum absolute atomic E-state index is 5.37. The van der Waals surface area contributed by atoms with Crippen LogP contribution in [-0.2, 0) is 19.3 Å². The van der Waals surface area contributed by atoms with Gasteiger partial charge in [0.15, 0.2) is 11.5 Å². The first-order valence-corrected chi connectivity index (χ1v) is 8.46. The van der Waals surface area contributed by atoms with Gasteiger partial charge in [0.2, 0.25) is 0 Å². The van der Waals surface area contributed by atoms with Crippen molar-refractivity contribution in [2.24, 2.45) is 0 Å². The fourth-order valence-corrected chi connectivity index (χ4v) is 3.37. The Morgan fingerprint density at radius 3 is 2.88 bits per heavy atom. The third-order valence-corrected chi connectivity index (χ3v) is 4.61. The predicted molar refractivity (Wildman–Crippen MR) is 94.5 cm³/mol. The van der Waals surface area contributed by atoms with E-state index in [1.165, 1.54) is 11.1 Å². The molecule has 1 N–H and O–H groups in total. The molecule has 1 aliphatic rings. The first-order chi connectivity index (χ1) is 12.3. The summed E-state index contributed by atoms with van der Waals surface area (Å²) in [5, 5.41) is 7.85. The summed E-state index contributed by atoms with van der Waals surface area (Å²) in [4.78, 5) is 8.84. The van der Waals surface area contributed by atoms with E-state index in [0.717, 1.165) is 55.2 Å². The largest absolute Gasteiger partial charge is 0.493 e. The number of methoxy groups -OCH3 is 2. The van der Waals surface area contributed by atoms with E-state index >= 15 is 0 Å². The smallest absolute Gasteiger partial charge is 0.254 e. The lowest BCUT2D eigenvalue weighted by Gasteiger charge is -2.13. The molecule has 0 bridgehead atoms. The zero-order chi connectivity index (χ0) is 17.2. The Bertz CT molecular complexity index is 906. The van der Waals surface area contributed by atoms with Crippen molar-refractivity contribution in [2.75, 3.05) is 26.1 Å². The second-order valence-corrected chi connectivity index (χ2v) is 6.08. The Morgan fingerprint density at radius 1 is 1.16 bits per heavy atom. The summed E-state index contributed by atoms with van der Waals surface area (Å²) in [6.07, 6.45) is 5.62. The first kappa shape index (κ1) is 15.7. The third kappa shape index (κ3) is 2.86. The molecule has 7 nitrogen and oxygen atoms in total. The second kappa shape index (κ2) is 6.58. The maximum Gasteiger partial charge on any atom is 0.254 e. The van der Waals surface area contributed by atoms with Crippen LogP contribution in [0.1, 0.15) is 23.2 Å². The zero-order valence-electron chi connectivity index (χ0n) is 14.5. The van der Waals surface area contributed by atoms with Gasteiger partial charge in [-0.15, -0.1) is 0 Å². The lowest BCUT2D eigenvalue weighted by Crippen LogP contribution is -2.13. The molecule has 1 aliphatic carbocycles. The van der Waals surface area contributed by atoms with Crippen molar-refractivity contribution in [3.05, 3.63) is 41.3 Å². The summed E-state index contributed by atoms with van der Waals surface area (Å²) in [6, 6.07) is 6.02. The van der Waals surface area contributed by atoms with Crippen molar-refractivity contribution in [3.8, 4) is 11.5 Å². The van der Waals surface area contributed by atoms with Crippen LogP contribution in [0.4, 0.5) is 5.82 Å². The molecule has 0 fully saturated rings. The maximum atomic E-state index is 5.37. The molecule has 4 rings (SSSR count). The molecular formula is C18H21N5O2. The molecule has 2 heterocycles. The van der Waals surface area contributed by atoms with Gasteiger partial charge in [0, 0.05) is 12.1 Å². The molecule has 0 amide bonds. The van der Waals surface area contributed by atoms with E-state index in [0.29, 0.717) is 5.78 Å². The van der Waals surface area contributed by atoms with Gasteiger partial charge in [-0.1, -0.05) is 6.07 Å². The normalized spacial score (nSPS) is 13.0. The fraction of sp³-hybridized carbons (Fsp3) is 0.389. The van der Waals surface area contributed by atoms with E-state index in [1.54, 1.807) is 25.1 Å². The summed E-state index contributed by atoms with van der Waals surface area (Å²) < 4.78 is 12.5. The molecule has 0 radical (unpaired) electrons. The minimum absolute atomic E-state index is 0.661. The van der Waals surface area contributed by atoms with Gasteiger partial charge in [-0.2, -0.15) is 14.6 Å². The van der Waals surface area contributed by atoms with Gasteiger partial charge in [-0.3, -0.25) is 0 Å². The van der Waals surface area contributed by atoms with Crippen molar-refractivity contribution in [1.29, 1.82) is 0 Å². The highest BCUT2D eigenvalue weighted by molar-refractivity contribution is 5.54. The van der Waals surface area contributed by atoms with Crippen LogP contribution < -0.4 is 14.8 Å². The molecule has 0 saturated carbocycles. The Morgan fingerprint density at radius 2 is 2.04 bits per heavy atom. The van der Waals surface area contributed by atoms with E-state index in [9.17, 15) is 0 Å². The summed E-state index contributed by atoms with van der Waals surface area (Å²) in [6.45, 7) is 0.793. The number of ether oxygens (including phenoxy) is 2. The van der Waals surface area contributed by atoms with Gasteiger partial charge in [0.25, 0.3) is 5.78 Å². The van der Waals surface area contributed by atoms with E-state index < -0.39 is 0 Å². The van der Waals surface area contributed by atoms with Gasteiger partial charge < -0.3 is 14.8 Å². The number of aromatic nitrogens is 4. The van der Waals surface area contributed by atoms with Crippen LogP contribution in [0.5, 0.6) is 11.5 Å². The number of fused-ring (bicyclic) bond motifs is 2. The average Bonchev–Trinajstić information content (AvgIpc) is 3.29. The van der Waals surface area contributed by atoms with Crippen molar-refractivity contribution in [1.82, 2.24) is 19.6 Å². The highest BCUT2D eigenvalue weighted by Crippen LogP contribution is 2.29. The van der Waals surface area contributed by atoms with Gasteiger partial charge in [-0.05, 0) is 43.4 Å². The molecule has 130 valence electrons. The number of aryl methyl sites for hydroxylation is 1. The van der Waals surface area contributed by atoms with Crippen LogP contribution in [0.2, 0.25) is 0 Å². The number of hydrogen-bond donors (Lipinski definition) is 1. The monoisotopic (exact) mass is 339 g/mol. The highest BCUT2D eigenvalue weighted by Gasteiger charge is 2.20. The van der Waals surface area contributed by atoms with Crippen LogP contribution in [0.25, 0.3) is 5.78 Å². The number of nitrogens with zero attached hydrogens (tertiary/aromatic N) is 4. The number of benzene rings is 1. The van der Waals surface area contributed by atoms with Crippen LogP contribution in [0.15, 0.2) is 24.5 Å². The third-order valence-electron chi connectivity index (χ3n) is 4.61. The second-order valence-electron chi connectivity index (χ2n) is 6.08. The van der Waals surface area contributed by atoms with Gasteiger partial charge in [0.05, 0.1) is 19.9 Å².